The third-order valence-corrected chi connectivity index (χ3v) is 2.93. The van der Waals surface area contributed by atoms with Gasteiger partial charge in [0.2, 0.25) is 11.6 Å². The maximum absolute atomic E-state index is 13.7. The van der Waals surface area contributed by atoms with Gasteiger partial charge in [-0.2, -0.15) is 0 Å². The molecule has 1 heterocycles. The van der Waals surface area contributed by atoms with Crippen LogP contribution in [0.5, 0.6) is 0 Å². The van der Waals surface area contributed by atoms with Crippen molar-refractivity contribution in [2.75, 3.05) is 24.4 Å². The minimum Gasteiger partial charge on any atom is -0.383 e. The van der Waals surface area contributed by atoms with E-state index in [-0.39, 0.29) is 29.1 Å². The molecule has 0 amide bonds. The molecule has 2 aromatic rings. The van der Waals surface area contributed by atoms with Crippen molar-refractivity contribution in [2.24, 2.45) is 0 Å². The normalized spacial score (nSPS) is 11.8. The quantitative estimate of drug-likeness (QED) is 0.597. The van der Waals surface area contributed by atoms with Gasteiger partial charge < -0.3 is 15.4 Å². The van der Waals surface area contributed by atoms with Crippen LogP contribution in [0.2, 0.25) is 0 Å². The van der Waals surface area contributed by atoms with E-state index in [9.17, 15) is 14.5 Å². The standard InChI is InChI=1S/C14H16FN5O3/c1-9(7-23-2)18-13-12(20(21)22)14(17-8-16-13)19-11-6-4-3-5-10(11)15/h3-6,8-9H,7H2,1-2H3,(H2,16,17,18,19). The van der Waals surface area contributed by atoms with Crippen molar-refractivity contribution in [1.82, 2.24) is 9.97 Å². The average Bonchev–Trinajstić information content (AvgIpc) is 2.49. The SMILES string of the molecule is COCC(C)Nc1ncnc(Nc2ccccc2F)c1[N+](=O)[O-]. The molecular formula is C14H16FN5O3. The number of nitrogens with one attached hydrogen (secondary N) is 2. The number of anilines is 3. The van der Waals surface area contributed by atoms with E-state index >= 15 is 0 Å². The van der Waals surface area contributed by atoms with Crippen molar-refractivity contribution in [1.29, 1.82) is 0 Å². The third-order valence-electron chi connectivity index (χ3n) is 2.93. The second kappa shape index (κ2) is 7.45. The average molecular weight is 321 g/mol. The first-order chi connectivity index (χ1) is 11.0. The van der Waals surface area contributed by atoms with Crippen LogP contribution in [-0.2, 0) is 4.74 Å². The number of aromatic nitrogens is 2. The highest BCUT2D eigenvalue weighted by Gasteiger charge is 2.24. The molecule has 1 aromatic carbocycles. The summed E-state index contributed by atoms with van der Waals surface area (Å²) < 4.78 is 18.7. The van der Waals surface area contributed by atoms with E-state index in [1.807, 2.05) is 0 Å². The van der Waals surface area contributed by atoms with E-state index in [2.05, 4.69) is 20.6 Å². The maximum Gasteiger partial charge on any atom is 0.353 e. The molecule has 0 fully saturated rings. The molecule has 0 aliphatic carbocycles. The highest BCUT2D eigenvalue weighted by molar-refractivity contribution is 5.73. The smallest absolute Gasteiger partial charge is 0.353 e. The highest BCUT2D eigenvalue weighted by atomic mass is 19.1. The van der Waals surface area contributed by atoms with Gasteiger partial charge in [0.15, 0.2) is 0 Å². The summed E-state index contributed by atoms with van der Waals surface area (Å²) in [6, 6.07) is 5.64. The fourth-order valence-corrected chi connectivity index (χ4v) is 1.96. The first-order valence-electron chi connectivity index (χ1n) is 6.79. The second-order valence-corrected chi connectivity index (χ2v) is 4.78. The Balaban J connectivity index is 2.36. The Morgan fingerprint density at radius 2 is 2.04 bits per heavy atom. The Bertz CT molecular complexity index is 698. The zero-order valence-corrected chi connectivity index (χ0v) is 12.6. The van der Waals surface area contributed by atoms with Crippen molar-refractivity contribution < 1.29 is 14.1 Å². The van der Waals surface area contributed by atoms with Gasteiger partial charge >= 0.3 is 5.69 Å². The van der Waals surface area contributed by atoms with Crippen molar-refractivity contribution in [3.05, 3.63) is 46.5 Å². The van der Waals surface area contributed by atoms with E-state index in [1.165, 1.54) is 25.3 Å². The molecule has 122 valence electrons. The van der Waals surface area contributed by atoms with Crippen molar-refractivity contribution in [3.63, 3.8) is 0 Å². The number of benzene rings is 1. The van der Waals surface area contributed by atoms with Crippen LogP contribution < -0.4 is 10.6 Å². The van der Waals surface area contributed by atoms with Gasteiger partial charge in [-0.1, -0.05) is 12.1 Å². The number of nitrogens with zero attached hydrogens (tertiary/aromatic N) is 3. The van der Waals surface area contributed by atoms with Crippen molar-refractivity contribution in [2.45, 2.75) is 13.0 Å². The molecule has 0 spiro atoms. The Hall–Kier alpha value is -2.81. The molecule has 0 saturated heterocycles. The zero-order valence-electron chi connectivity index (χ0n) is 12.6. The molecule has 1 unspecified atom stereocenters. The Morgan fingerprint density at radius 3 is 2.70 bits per heavy atom. The minimum atomic E-state index is -0.620. The Labute approximate surface area is 131 Å². The largest absolute Gasteiger partial charge is 0.383 e. The summed E-state index contributed by atoms with van der Waals surface area (Å²) >= 11 is 0. The molecular weight excluding hydrogens is 305 g/mol. The Morgan fingerprint density at radius 1 is 1.35 bits per heavy atom. The summed E-state index contributed by atoms with van der Waals surface area (Å²) in [4.78, 5) is 18.5. The number of halogens is 1. The zero-order chi connectivity index (χ0) is 16.8. The van der Waals surface area contributed by atoms with Crippen molar-refractivity contribution >= 4 is 23.0 Å². The van der Waals surface area contributed by atoms with Gasteiger partial charge in [0.05, 0.1) is 17.2 Å². The van der Waals surface area contributed by atoms with Gasteiger partial charge in [0, 0.05) is 13.2 Å². The lowest BCUT2D eigenvalue weighted by Crippen LogP contribution is -2.22. The fourth-order valence-electron chi connectivity index (χ4n) is 1.96. The number of hydrogen-bond donors (Lipinski definition) is 2. The number of rotatable bonds is 7. The van der Waals surface area contributed by atoms with Gasteiger partial charge in [0.1, 0.15) is 12.1 Å². The summed E-state index contributed by atoms with van der Waals surface area (Å²) in [6.07, 6.45) is 1.16. The third kappa shape index (κ3) is 4.10. The minimum absolute atomic E-state index is 0.0355. The molecule has 1 atom stereocenters. The highest BCUT2D eigenvalue weighted by Crippen LogP contribution is 2.32. The van der Waals surface area contributed by atoms with Crippen LogP contribution in [0.3, 0.4) is 0 Å². The topological polar surface area (TPSA) is 102 Å². The lowest BCUT2D eigenvalue weighted by Gasteiger charge is -2.14. The van der Waals surface area contributed by atoms with Gasteiger partial charge in [-0.05, 0) is 19.1 Å². The van der Waals surface area contributed by atoms with Crippen LogP contribution in [0.1, 0.15) is 6.92 Å². The van der Waals surface area contributed by atoms with Gasteiger partial charge in [-0.25, -0.2) is 14.4 Å². The molecule has 2 rings (SSSR count). The van der Waals surface area contributed by atoms with Crippen LogP contribution in [0.15, 0.2) is 30.6 Å². The number of methoxy groups -OCH3 is 1. The number of ether oxygens (including phenoxy) is 1. The van der Waals surface area contributed by atoms with Gasteiger partial charge in [-0.3, -0.25) is 10.1 Å². The summed E-state index contributed by atoms with van der Waals surface area (Å²) in [5, 5.41) is 16.9. The first-order valence-corrected chi connectivity index (χ1v) is 6.79. The maximum atomic E-state index is 13.7. The predicted molar refractivity (Wildman–Crippen MR) is 83.3 cm³/mol. The number of para-hydroxylation sites is 1. The summed E-state index contributed by atoms with van der Waals surface area (Å²) in [6.45, 7) is 2.14. The molecule has 0 aliphatic heterocycles. The second-order valence-electron chi connectivity index (χ2n) is 4.78. The van der Waals surface area contributed by atoms with Crippen LogP contribution in [-0.4, -0.2) is 34.6 Å². The Kier molecular flexibility index (Phi) is 5.36. The van der Waals surface area contributed by atoms with Gasteiger partial charge in [0.25, 0.3) is 0 Å². The molecule has 0 bridgehead atoms. The lowest BCUT2D eigenvalue weighted by molar-refractivity contribution is -0.383. The number of nitro groups is 1. The predicted octanol–water partition coefficient (Wildman–Crippen LogP) is 2.71. The number of hydrogen-bond acceptors (Lipinski definition) is 7. The van der Waals surface area contributed by atoms with Crippen LogP contribution in [0, 0.1) is 15.9 Å². The molecule has 9 heteroatoms. The van der Waals surface area contributed by atoms with E-state index in [1.54, 1.807) is 13.0 Å². The van der Waals surface area contributed by atoms with E-state index in [4.69, 9.17) is 4.74 Å². The van der Waals surface area contributed by atoms with E-state index < -0.39 is 10.7 Å². The van der Waals surface area contributed by atoms with Gasteiger partial charge in [-0.15, -0.1) is 0 Å². The first kappa shape index (κ1) is 16.6. The summed E-state index contributed by atoms with van der Waals surface area (Å²) in [5.41, 5.74) is -0.274. The lowest BCUT2D eigenvalue weighted by atomic mass is 10.3. The molecule has 0 aliphatic rings. The molecule has 8 nitrogen and oxygen atoms in total. The molecule has 23 heavy (non-hydrogen) atoms. The summed E-state index contributed by atoms with van der Waals surface area (Å²) in [5.74, 6) is -0.599. The fraction of sp³-hybridized carbons (Fsp3) is 0.286. The molecule has 0 radical (unpaired) electrons. The van der Waals surface area contributed by atoms with E-state index in [0.717, 1.165) is 6.33 Å². The van der Waals surface area contributed by atoms with Crippen LogP contribution in [0.25, 0.3) is 0 Å². The molecule has 0 saturated carbocycles. The van der Waals surface area contributed by atoms with Crippen LogP contribution in [0.4, 0.5) is 27.4 Å². The molecule has 1 aromatic heterocycles. The molecule has 2 N–H and O–H groups in total. The summed E-state index contributed by atoms with van der Waals surface area (Å²) in [7, 11) is 1.53. The van der Waals surface area contributed by atoms with Crippen LogP contribution >= 0.6 is 0 Å². The monoisotopic (exact) mass is 321 g/mol. The van der Waals surface area contributed by atoms with Crippen molar-refractivity contribution in [3.8, 4) is 0 Å². The van der Waals surface area contributed by atoms with E-state index in [0.29, 0.717) is 6.61 Å².